The van der Waals surface area contributed by atoms with Crippen molar-refractivity contribution in [2.24, 2.45) is 0 Å². The number of aromatic amines is 1. The maximum atomic E-state index is 11.6. The van der Waals surface area contributed by atoms with Gasteiger partial charge in [0.15, 0.2) is 12.6 Å². The highest BCUT2D eigenvalue weighted by atomic mass is 16.4. The summed E-state index contributed by atoms with van der Waals surface area (Å²) in [6, 6.07) is 20.8. The zero-order valence-corrected chi connectivity index (χ0v) is 18.1. The van der Waals surface area contributed by atoms with Crippen LogP contribution in [0.2, 0.25) is 0 Å². The largest absolute Gasteiger partial charge is 0.478 e. The van der Waals surface area contributed by atoms with Crippen LogP contribution in [-0.4, -0.2) is 39.7 Å². The third kappa shape index (κ3) is 3.75. The SMILES string of the molecule is O=Cc1ccc(-c2ccc3[nH]c4ccc(-c5ccc(C=O)c(C(=O)O)c5)cc4c3c2)cc1C(=O)O. The Kier molecular flexibility index (Phi) is 5.22. The van der Waals surface area contributed by atoms with E-state index >= 15 is 0 Å². The summed E-state index contributed by atoms with van der Waals surface area (Å²) in [7, 11) is 0. The molecule has 0 fully saturated rings. The first-order valence-corrected chi connectivity index (χ1v) is 10.6. The van der Waals surface area contributed by atoms with Crippen LogP contribution in [-0.2, 0) is 0 Å². The molecule has 0 saturated carbocycles. The van der Waals surface area contributed by atoms with Gasteiger partial charge >= 0.3 is 11.9 Å². The minimum Gasteiger partial charge on any atom is -0.478 e. The standard InChI is InChI=1S/C28H17NO6/c30-13-19-3-1-15(9-21(19)27(32)33)17-5-7-25-23(11-17)24-12-18(6-8-26(24)29-25)16-2-4-20(14-31)22(10-16)28(34)35/h1-14,29H,(H,32,33)(H,34,35). The lowest BCUT2D eigenvalue weighted by molar-refractivity contribution is 0.0684. The van der Waals surface area contributed by atoms with Crippen molar-refractivity contribution in [1.82, 2.24) is 4.98 Å². The van der Waals surface area contributed by atoms with E-state index in [0.29, 0.717) is 23.7 Å². The highest BCUT2D eigenvalue weighted by Gasteiger charge is 2.14. The third-order valence-electron chi connectivity index (χ3n) is 6.09. The summed E-state index contributed by atoms with van der Waals surface area (Å²) in [5, 5.41) is 20.7. The van der Waals surface area contributed by atoms with E-state index in [0.717, 1.165) is 32.9 Å². The topological polar surface area (TPSA) is 125 Å². The van der Waals surface area contributed by atoms with Gasteiger partial charge in [-0.1, -0.05) is 36.4 Å². The molecule has 7 nitrogen and oxygen atoms in total. The van der Waals surface area contributed by atoms with Gasteiger partial charge in [0.25, 0.3) is 0 Å². The molecule has 0 unspecified atom stereocenters. The van der Waals surface area contributed by atoms with Crippen LogP contribution in [0.3, 0.4) is 0 Å². The third-order valence-corrected chi connectivity index (χ3v) is 6.09. The van der Waals surface area contributed by atoms with Gasteiger partial charge in [-0.2, -0.15) is 0 Å². The minimum atomic E-state index is -1.17. The Morgan fingerprint density at radius 3 is 1.31 bits per heavy atom. The lowest BCUT2D eigenvalue weighted by Gasteiger charge is -2.07. The van der Waals surface area contributed by atoms with Crippen molar-refractivity contribution < 1.29 is 29.4 Å². The van der Waals surface area contributed by atoms with Crippen molar-refractivity contribution in [3.8, 4) is 22.3 Å². The number of benzene rings is 4. The molecule has 3 N–H and O–H groups in total. The Morgan fingerprint density at radius 2 is 0.943 bits per heavy atom. The summed E-state index contributed by atoms with van der Waals surface area (Å²) in [5.74, 6) is -2.35. The van der Waals surface area contributed by atoms with Crippen LogP contribution < -0.4 is 0 Å². The molecule has 170 valence electrons. The molecule has 35 heavy (non-hydrogen) atoms. The van der Waals surface area contributed by atoms with E-state index in [2.05, 4.69) is 4.98 Å². The van der Waals surface area contributed by atoms with Crippen LogP contribution in [0.1, 0.15) is 41.4 Å². The maximum absolute atomic E-state index is 11.6. The Balaban J connectivity index is 1.65. The number of carboxylic acid groups (broad SMARTS) is 2. The lowest BCUT2D eigenvalue weighted by Crippen LogP contribution is -2.02. The number of carbonyl (C=O) groups excluding carboxylic acids is 2. The van der Waals surface area contributed by atoms with Crippen LogP contribution in [0.15, 0.2) is 72.8 Å². The van der Waals surface area contributed by atoms with Crippen LogP contribution in [0.5, 0.6) is 0 Å². The van der Waals surface area contributed by atoms with Gasteiger partial charge in [-0.3, -0.25) is 9.59 Å². The van der Waals surface area contributed by atoms with Gasteiger partial charge in [0, 0.05) is 32.9 Å². The molecule has 5 rings (SSSR count). The van der Waals surface area contributed by atoms with Crippen molar-refractivity contribution >= 4 is 46.3 Å². The van der Waals surface area contributed by atoms with E-state index in [-0.39, 0.29) is 22.3 Å². The Morgan fingerprint density at radius 1 is 0.571 bits per heavy atom. The first kappa shape index (κ1) is 21.8. The van der Waals surface area contributed by atoms with Crippen molar-refractivity contribution in [3.63, 3.8) is 0 Å². The van der Waals surface area contributed by atoms with Gasteiger partial charge in [0.2, 0.25) is 0 Å². The van der Waals surface area contributed by atoms with Gasteiger partial charge in [-0.05, 0) is 58.7 Å². The number of H-pyrrole nitrogens is 1. The van der Waals surface area contributed by atoms with E-state index in [9.17, 15) is 29.4 Å². The molecule has 4 aromatic carbocycles. The summed E-state index contributed by atoms with van der Waals surface area (Å²) < 4.78 is 0. The normalized spacial score (nSPS) is 11.0. The molecule has 0 bridgehead atoms. The molecule has 1 aromatic heterocycles. The van der Waals surface area contributed by atoms with E-state index in [4.69, 9.17) is 0 Å². The second-order valence-electron chi connectivity index (χ2n) is 8.10. The molecule has 0 saturated heterocycles. The van der Waals surface area contributed by atoms with Crippen LogP contribution in [0.4, 0.5) is 0 Å². The number of aromatic nitrogens is 1. The monoisotopic (exact) mass is 463 g/mol. The summed E-state index contributed by atoms with van der Waals surface area (Å²) in [4.78, 5) is 48.9. The smallest absolute Gasteiger partial charge is 0.336 e. The fraction of sp³-hybridized carbons (Fsp3) is 0. The summed E-state index contributed by atoms with van der Waals surface area (Å²) >= 11 is 0. The summed E-state index contributed by atoms with van der Waals surface area (Å²) in [5.41, 5.74) is 4.75. The van der Waals surface area contributed by atoms with Crippen LogP contribution in [0, 0.1) is 0 Å². The predicted molar refractivity (Wildman–Crippen MR) is 131 cm³/mol. The van der Waals surface area contributed by atoms with Gasteiger partial charge in [-0.25, -0.2) is 9.59 Å². The van der Waals surface area contributed by atoms with Crippen LogP contribution in [0.25, 0.3) is 44.1 Å². The van der Waals surface area contributed by atoms with Crippen molar-refractivity contribution in [2.75, 3.05) is 0 Å². The zero-order chi connectivity index (χ0) is 24.7. The number of carboxylic acids is 2. The second kappa shape index (κ2) is 8.39. The van der Waals surface area contributed by atoms with Crippen molar-refractivity contribution in [3.05, 3.63) is 95.1 Å². The van der Waals surface area contributed by atoms with Gasteiger partial charge in [-0.15, -0.1) is 0 Å². The quantitative estimate of drug-likeness (QED) is 0.278. The molecule has 0 radical (unpaired) electrons. The van der Waals surface area contributed by atoms with Gasteiger partial charge in [0.1, 0.15) is 0 Å². The Labute approximate surface area is 198 Å². The molecule has 0 atom stereocenters. The van der Waals surface area contributed by atoms with Crippen molar-refractivity contribution in [1.29, 1.82) is 0 Å². The number of aromatic carboxylic acids is 2. The molecule has 1 heterocycles. The number of nitrogens with one attached hydrogen (secondary N) is 1. The summed E-state index contributed by atoms with van der Waals surface area (Å²) in [6.45, 7) is 0. The Hall–Kier alpha value is -5.04. The molecule has 0 aliphatic heterocycles. The fourth-order valence-corrected chi connectivity index (χ4v) is 4.30. The number of aldehydes is 2. The first-order chi connectivity index (χ1) is 16.9. The zero-order valence-electron chi connectivity index (χ0n) is 18.1. The molecule has 0 spiro atoms. The number of carbonyl (C=O) groups is 4. The molecule has 0 aliphatic rings. The van der Waals surface area contributed by atoms with E-state index < -0.39 is 11.9 Å². The highest BCUT2D eigenvalue weighted by molar-refractivity contribution is 6.10. The highest BCUT2D eigenvalue weighted by Crippen LogP contribution is 2.34. The predicted octanol–water partition coefficient (Wildman–Crippen LogP) is 5.68. The molecule has 7 heteroatoms. The maximum Gasteiger partial charge on any atom is 0.336 e. The molecule has 5 aromatic rings. The first-order valence-electron chi connectivity index (χ1n) is 10.6. The van der Waals surface area contributed by atoms with E-state index in [1.807, 2.05) is 36.4 Å². The minimum absolute atomic E-state index is 0.0631. The molecule has 0 amide bonds. The van der Waals surface area contributed by atoms with Crippen molar-refractivity contribution in [2.45, 2.75) is 0 Å². The average molecular weight is 463 g/mol. The lowest BCUT2D eigenvalue weighted by atomic mass is 9.96. The summed E-state index contributed by atoms with van der Waals surface area (Å²) in [6.07, 6.45) is 1.05. The van der Waals surface area contributed by atoms with E-state index in [1.54, 1.807) is 12.1 Å². The average Bonchev–Trinajstić information content (AvgIpc) is 3.24. The van der Waals surface area contributed by atoms with Gasteiger partial charge in [0.05, 0.1) is 11.1 Å². The second-order valence-corrected chi connectivity index (χ2v) is 8.10. The molecular weight excluding hydrogens is 446 g/mol. The molecular formula is C28H17NO6. The molecule has 0 aliphatic carbocycles. The number of fused-ring (bicyclic) bond motifs is 3. The van der Waals surface area contributed by atoms with E-state index in [1.165, 1.54) is 24.3 Å². The number of hydrogen-bond acceptors (Lipinski definition) is 4. The number of rotatable bonds is 6. The van der Waals surface area contributed by atoms with Crippen LogP contribution >= 0.6 is 0 Å². The van der Waals surface area contributed by atoms with Gasteiger partial charge < -0.3 is 15.2 Å². The number of hydrogen-bond donors (Lipinski definition) is 3. The fourth-order valence-electron chi connectivity index (χ4n) is 4.30. The Bertz CT molecular complexity index is 1570.